The lowest BCUT2D eigenvalue weighted by Gasteiger charge is -2.46. The van der Waals surface area contributed by atoms with Gasteiger partial charge in [-0.3, -0.25) is 0 Å². The van der Waals surface area contributed by atoms with Gasteiger partial charge < -0.3 is 9.80 Å². The minimum Gasteiger partial charge on any atom is -0.310 e. The quantitative estimate of drug-likeness (QED) is 0.126. The first-order valence-corrected chi connectivity index (χ1v) is 29.3. The first kappa shape index (κ1) is 46.1. The van der Waals surface area contributed by atoms with Gasteiger partial charge in [0.25, 0.3) is 6.71 Å². The monoisotopic (exact) mass is 1090 g/mol. The van der Waals surface area contributed by atoms with Crippen LogP contribution in [-0.4, -0.2) is 6.71 Å². The molecule has 3 heteroatoms. The van der Waals surface area contributed by atoms with Gasteiger partial charge in [-0.05, 0) is 124 Å². The van der Waals surface area contributed by atoms with Gasteiger partial charge in [0.2, 0.25) is 0 Å². The summed E-state index contributed by atoms with van der Waals surface area (Å²) >= 11 is 0. The van der Waals surface area contributed by atoms with Crippen molar-refractivity contribution < 1.29 is 6.85 Å². The number of rotatable bonds is 10. The van der Waals surface area contributed by atoms with Gasteiger partial charge in [0.15, 0.2) is 0 Å². The molecule has 0 aliphatic carbocycles. The second-order valence-corrected chi connectivity index (χ2v) is 23.2. The van der Waals surface area contributed by atoms with Crippen LogP contribution in [0, 0.1) is 0 Å². The smallest absolute Gasteiger partial charge is 0.252 e. The molecule has 15 rings (SSSR count). The molecule has 402 valence electrons. The van der Waals surface area contributed by atoms with Crippen molar-refractivity contribution in [1.82, 2.24) is 0 Å². The van der Waals surface area contributed by atoms with Crippen LogP contribution < -0.4 is 26.2 Å². The SMILES string of the molecule is [2H]c1c([2H])c([2H])c(-c2cccc(-c3ccc4c(c3)N(c3c(-c5ccccc5)cccc3-c3ccccc3)c3cc(-c5ccccc5)cc5c3B4c3cc(-c4ccccc4)c(C(C)(C)C)cc3N5c3c(-c4ccccc4)cccc3-c3ccccc3)c2)c([2H])c1[2H]. The van der Waals surface area contributed by atoms with Gasteiger partial charge >= 0.3 is 0 Å². The average molecular weight is 1090 g/mol. The highest BCUT2D eigenvalue weighted by molar-refractivity contribution is 7.00. The Morgan fingerprint density at radius 3 is 1.09 bits per heavy atom. The van der Waals surface area contributed by atoms with Crippen LogP contribution in [0.15, 0.2) is 315 Å². The van der Waals surface area contributed by atoms with Crippen molar-refractivity contribution in [2.45, 2.75) is 26.2 Å². The van der Waals surface area contributed by atoms with E-state index in [1.807, 2.05) is 18.2 Å². The van der Waals surface area contributed by atoms with E-state index in [1.165, 1.54) is 16.6 Å². The van der Waals surface area contributed by atoms with Crippen LogP contribution in [0.4, 0.5) is 34.1 Å². The zero-order valence-electron chi connectivity index (χ0n) is 52.6. The van der Waals surface area contributed by atoms with Gasteiger partial charge in [-0.25, -0.2) is 0 Å². The van der Waals surface area contributed by atoms with Gasteiger partial charge in [0.1, 0.15) is 0 Å². The molecule has 0 radical (unpaired) electrons. The van der Waals surface area contributed by atoms with Crippen LogP contribution >= 0.6 is 0 Å². The second-order valence-electron chi connectivity index (χ2n) is 23.2. The summed E-state index contributed by atoms with van der Waals surface area (Å²) < 4.78 is 43.9. The summed E-state index contributed by atoms with van der Waals surface area (Å²) in [6, 6.07) is 101. The molecule has 13 aromatic carbocycles. The first-order valence-electron chi connectivity index (χ1n) is 31.8. The molecule has 0 atom stereocenters. The molecular formula is C82H61BN2. The van der Waals surface area contributed by atoms with E-state index in [-0.39, 0.29) is 41.9 Å². The van der Waals surface area contributed by atoms with Crippen molar-refractivity contribution in [2.75, 3.05) is 9.80 Å². The van der Waals surface area contributed by atoms with E-state index in [9.17, 15) is 0 Å². The van der Waals surface area contributed by atoms with Crippen LogP contribution in [0.1, 0.15) is 33.2 Å². The average Bonchev–Trinajstić information content (AvgIpc) is 0.693. The summed E-state index contributed by atoms with van der Waals surface area (Å²) in [5.74, 6) is 0. The summed E-state index contributed by atoms with van der Waals surface area (Å²) in [5, 5.41) is 0. The third kappa shape index (κ3) is 9.17. The summed E-state index contributed by atoms with van der Waals surface area (Å²) in [6.45, 7) is 6.68. The highest BCUT2D eigenvalue weighted by atomic mass is 15.2. The van der Waals surface area contributed by atoms with Crippen molar-refractivity contribution in [3.63, 3.8) is 0 Å². The van der Waals surface area contributed by atoms with Crippen LogP contribution in [0.25, 0.3) is 89.0 Å². The molecule has 0 aromatic heterocycles. The van der Waals surface area contributed by atoms with Crippen molar-refractivity contribution in [3.05, 3.63) is 321 Å². The van der Waals surface area contributed by atoms with Gasteiger partial charge in [0.05, 0.1) is 18.2 Å². The predicted molar refractivity (Wildman–Crippen MR) is 363 cm³/mol. The van der Waals surface area contributed by atoms with E-state index in [1.54, 1.807) is 0 Å². The fourth-order valence-electron chi connectivity index (χ4n) is 13.2. The van der Waals surface area contributed by atoms with Crippen molar-refractivity contribution in [2.24, 2.45) is 0 Å². The lowest BCUT2D eigenvalue weighted by atomic mass is 9.33. The van der Waals surface area contributed by atoms with Crippen molar-refractivity contribution in [3.8, 4) is 89.0 Å². The number of fused-ring (bicyclic) bond motifs is 4. The highest BCUT2D eigenvalue weighted by Gasteiger charge is 2.46. The largest absolute Gasteiger partial charge is 0.310 e. The maximum atomic E-state index is 9.07. The van der Waals surface area contributed by atoms with Crippen LogP contribution in [-0.2, 0) is 5.41 Å². The second kappa shape index (κ2) is 21.4. The zero-order valence-corrected chi connectivity index (χ0v) is 47.6. The van der Waals surface area contributed by atoms with E-state index in [0.717, 1.165) is 117 Å². The number of nitrogens with zero attached hydrogens (tertiary/aromatic N) is 2. The van der Waals surface area contributed by atoms with Crippen molar-refractivity contribution >= 4 is 57.2 Å². The van der Waals surface area contributed by atoms with E-state index in [2.05, 4.69) is 297 Å². The molecule has 2 nitrogen and oxygen atoms in total. The van der Waals surface area contributed by atoms with E-state index in [4.69, 9.17) is 6.85 Å². The molecule has 0 unspecified atom stereocenters. The van der Waals surface area contributed by atoms with E-state index in [0.29, 0.717) is 5.56 Å². The molecule has 0 saturated carbocycles. The Morgan fingerprint density at radius 2 is 0.647 bits per heavy atom. The highest BCUT2D eigenvalue weighted by Crippen LogP contribution is 2.54. The molecule has 2 heterocycles. The number of hydrogen-bond donors (Lipinski definition) is 0. The van der Waals surface area contributed by atoms with E-state index >= 15 is 0 Å². The maximum Gasteiger partial charge on any atom is 0.252 e. The van der Waals surface area contributed by atoms with Crippen LogP contribution in [0.3, 0.4) is 0 Å². The molecule has 0 bridgehead atoms. The molecule has 0 spiro atoms. The Labute approximate surface area is 507 Å². The standard InChI is InChI=1S/C82H61BN2/c1-82(2,3)72-55-76-74(54-71(72)62-40-23-10-24-41-62)83-73-49-48-65(64-43-25-42-63(50-64)56-28-11-4-12-29-56)51-75(73)84(80-67(58-32-15-6-16-33-58)44-26-45-68(80)59-34-17-7-18-35-59)77-52-66(57-30-13-5-14-31-57)53-78(79(77)83)85(76)81-69(60-36-19-8-20-37-60)46-27-47-70(81)61-38-21-9-22-39-61/h4-55H,1-3H3/i4D,11D,12D,28D,29D. The summed E-state index contributed by atoms with van der Waals surface area (Å²) in [7, 11) is 0. The number of hydrogen-bond acceptors (Lipinski definition) is 2. The predicted octanol–water partition coefficient (Wildman–Crippen LogP) is 20.4. The Hall–Kier alpha value is -10.5. The normalized spacial score (nSPS) is 13.2. The molecule has 2 aliphatic heterocycles. The Balaban J connectivity index is 1.12. The summed E-state index contributed by atoms with van der Waals surface area (Å²) in [5.41, 5.74) is 26.3. The number of anilines is 6. The third-order valence-corrected chi connectivity index (χ3v) is 17.1. The summed E-state index contributed by atoms with van der Waals surface area (Å²) in [6.07, 6.45) is 0. The van der Waals surface area contributed by atoms with Gasteiger partial charge in [-0.1, -0.05) is 306 Å². The third-order valence-electron chi connectivity index (χ3n) is 17.1. The maximum absolute atomic E-state index is 9.07. The molecule has 0 N–H and O–H groups in total. The van der Waals surface area contributed by atoms with E-state index < -0.39 is 6.04 Å². The van der Waals surface area contributed by atoms with Crippen molar-refractivity contribution in [1.29, 1.82) is 0 Å². The molecule has 0 saturated heterocycles. The van der Waals surface area contributed by atoms with Gasteiger partial charge in [-0.2, -0.15) is 0 Å². The van der Waals surface area contributed by atoms with Crippen LogP contribution in [0.5, 0.6) is 0 Å². The first-order chi connectivity index (χ1) is 43.9. The lowest BCUT2D eigenvalue weighted by molar-refractivity contribution is 0.592. The molecular weight excluding hydrogens is 1020 g/mol. The topological polar surface area (TPSA) is 6.48 Å². The molecule has 0 amide bonds. The van der Waals surface area contributed by atoms with Gasteiger partial charge in [0, 0.05) is 45.0 Å². The number of benzene rings is 13. The fraction of sp³-hybridized carbons (Fsp3) is 0.0488. The zero-order chi connectivity index (χ0) is 61.4. The van der Waals surface area contributed by atoms with Crippen LogP contribution in [0.2, 0.25) is 0 Å². The molecule has 0 fully saturated rings. The summed E-state index contributed by atoms with van der Waals surface area (Å²) in [4.78, 5) is 5.17. The minimum atomic E-state index is -0.417. The minimum absolute atomic E-state index is 0.165. The lowest BCUT2D eigenvalue weighted by Crippen LogP contribution is -2.61. The van der Waals surface area contributed by atoms with Gasteiger partial charge in [-0.15, -0.1) is 0 Å². The fourth-order valence-corrected chi connectivity index (χ4v) is 13.2. The Bertz CT molecular complexity index is 4780. The number of para-hydroxylation sites is 2. The Kier molecular flexibility index (Phi) is 11.6. The molecule has 85 heavy (non-hydrogen) atoms. The molecule has 13 aromatic rings. The Morgan fingerprint density at radius 1 is 0.282 bits per heavy atom. The molecule has 2 aliphatic rings.